The molecule has 0 saturated heterocycles. The number of fused-ring (bicyclic) bond motifs is 3. The first-order valence-electron chi connectivity index (χ1n) is 11.3. The van der Waals surface area contributed by atoms with E-state index in [9.17, 15) is 0 Å². The second-order valence-electron chi connectivity index (χ2n) is 9.32. The minimum absolute atomic E-state index is 0.167. The Bertz CT molecular complexity index is 805. The Morgan fingerprint density at radius 2 is 1.44 bits per heavy atom. The molecule has 0 bridgehead atoms. The number of allylic oxidation sites excluding steroid dienone is 4. The molecule has 2 aromatic rings. The van der Waals surface area contributed by atoms with Gasteiger partial charge in [0.25, 0.3) is 0 Å². The molecule has 2 heteroatoms. The van der Waals surface area contributed by atoms with Crippen LogP contribution in [0.4, 0.5) is 0 Å². The molecule has 174 valence electrons. The van der Waals surface area contributed by atoms with Crippen molar-refractivity contribution in [3.05, 3.63) is 96.8 Å². The van der Waals surface area contributed by atoms with Crippen molar-refractivity contribution in [1.29, 1.82) is 0 Å². The molecule has 2 aliphatic carbocycles. The summed E-state index contributed by atoms with van der Waals surface area (Å²) in [5.41, 5.74) is 8.70. The quantitative estimate of drug-likeness (QED) is 0.210. The molecule has 2 aromatic carbocycles. The number of benzene rings is 2. The molecule has 0 nitrogen and oxygen atoms in total. The molecule has 0 aromatic heterocycles. The summed E-state index contributed by atoms with van der Waals surface area (Å²) in [4.78, 5) is 0. The molecule has 0 amide bonds. The van der Waals surface area contributed by atoms with Gasteiger partial charge in [-0.05, 0) is 28.4 Å². The summed E-state index contributed by atoms with van der Waals surface area (Å²) in [6.07, 6.45) is 11.0. The van der Waals surface area contributed by atoms with E-state index in [1.165, 1.54) is 33.4 Å². The van der Waals surface area contributed by atoms with Crippen molar-refractivity contribution in [2.45, 2.75) is 79.1 Å². The molecule has 0 spiro atoms. The van der Waals surface area contributed by atoms with Crippen molar-refractivity contribution in [1.82, 2.24) is 0 Å². The van der Waals surface area contributed by atoms with E-state index >= 15 is 0 Å². The Balaban J connectivity index is 0.000000737. The van der Waals surface area contributed by atoms with E-state index in [4.69, 9.17) is 0 Å². The van der Waals surface area contributed by atoms with Crippen molar-refractivity contribution < 1.29 is 23.3 Å². The monoisotopic (exact) mass is 520 g/mol. The van der Waals surface area contributed by atoms with Gasteiger partial charge in [-0.2, -0.15) is 43.7 Å². The average molecular weight is 522 g/mol. The van der Waals surface area contributed by atoms with Gasteiger partial charge in [0.1, 0.15) is 0 Å². The van der Waals surface area contributed by atoms with Crippen LogP contribution in [0.3, 0.4) is 0 Å². The van der Waals surface area contributed by atoms with Crippen LogP contribution in [-0.2, 0) is 40.6 Å². The molecule has 0 unspecified atom stereocenters. The van der Waals surface area contributed by atoms with Crippen molar-refractivity contribution in [2.75, 3.05) is 0 Å². The van der Waals surface area contributed by atoms with E-state index in [0.29, 0.717) is 0 Å². The Kier molecular flexibility index (Phi) is 14.6. The van der Waals surface area contributed by atoms with Crippen molar-refractivity contribution >= 4 is 6.88 Å². The first-order valence-corrected chi connectivity index (χ1v) is 17.3. The predicted octanol–water partition coefficient (Wildman–Crippen LogP) is 7.72. The minimum atomic E-state index is 0.167. The Labute approximate surface area is 216 Å². The van der Waals surface area contributed by atoms with Crippen LogP contribution < -0.4 is 0 Å². The van der Waals surface area contributed by atoms with E-state index in [1.807, 2.05) is 19.0 Å². The number of hydrogen-bond donors (Lipinski definition) is 0. The number of rotatable bonds is 0. The van der Waals surface area contributed by atoms with Gasteiger partial charge in [0.15, 0.2) is 0 Å². The second-order valence-corrected chi connectivity index (χ2v) is 9.32. The number of hydrogen-bond acceptors (Lipinski definition) is 0. The normalized spacial score (nSPS) is 12.4. The van der Waals surface area contributed by atoms with E-state index in [0.717, 1.165) is 12.8 Å². The fourth-order valence-electron chi connectivity index (χ4n) is 3.37. The zero-order valence-electron chi connectivity index (χ0n) is 21.7. The Morgan fingerprint density at radius 1 is 0.844 bits per heavy atom. The zero-order valence-corrected chi connectivity index (χ0v) is 25.5. The SMILES string of the molecule is CC(C)(C)c1[c-]c2c(cc1)-c1ccc(C(C)(C)C)cc1C2.[C-]1=CC=CC1.[CH2-]C.[CH2-]C.[SiH2]=[Zr]. The molecule has 0 radical (unpaired) electrons. The molecule has 4 rings (SSSR count). The molecular weight excluding hydrogens is 480 g/mol. The van der Waals surface area contributed by atoms with Crippen LogP contribution in [0.15, 0.2) is 48.6 Å². The average Bonchev–Trinajstić information content (AvgIpc) is 3.47. The first-order chi connectivity index (χ1) is 15.2. The summed E-state index contributed by atoms with van der Waals surface area (Å²) in [6, 6.07) is 15.2. The van der Waals surface area contributed by atoms with Gasteiger partial charge >= 0.3 is 30.2 Å². The van der Waals surface area contributed by atoms with Crippen molar-refractivity contribution in [2.24, 2.45) is 0 Å². The molecule has 0 atom stereocenters. The fourth-order valence-corrected chi connectivity index (χ4v) is 3.37. The van der Waals surface area contributed by atoms with Gasteiger partial charge in [0.2, 0.25) is 0 Å². The predicted molar refractivity (Wildman–Crippen MR) is 143 cm³/mol. The van der Waals surface area contributed by atoms with Gasteiger partial charge in [-0.25, -0.2) is 12.2 Å². The fraction of sp³-hybridized carbons (Fsp3) is 0.400. The second kappa shape index (κ2) is 15.0. The molecule has 32 heavy (non-hydrogen) atoms. The topological polar surface area (TPSA) is 0 Å². The van der Waals surface area contributed by atoms with Crippen LogP contribution >= 0.6 is 0 Å². The third kappa shape index (κ3) is 9.11. The van der Waals surface area contributed by atoms with Gasteiger partial charge in [0, 0.05) is 0 Å². The summed E-state index contributed by atoms with van der Waals surface area (Å²) < 4.78 is 0. The summed E-state index contributed by atoms with van der Waals surface area (Å²) >= 11 is 1.58. The van der Waals surface area contributed by atoms with E-state index in [2.05, 4.69) is 104 Å². The van der Waals surface area contributed by atoms with Crippen LogP contribution in [0.2, 0.25) is 0 Å². The molecule has 0 fully saturated rings. The van der Waals surface area contributed by atoms with Gasteiger partial charge < -0.3 is 13.8 Å². The van der Waals surface area contributed by atoms with Crippen molar-refractivity contribution in [3.8, 4) is 11.1 Å². The van der Waals surface area contributed by atoms with E-state index in [1.54, 1.807) is 37.2 Å². The molecular formula is C30H42SiZr-4. The van der Waals surface area contributed by atoms with E-state index < -0.39 is 0 Å². The van der Waals surface area contributed by atoms with Crippen LogP contribution in [0.25, 0.3) is 11.1 Å². The molecule has 0 aliphatic heterocycles. The van der Waals surface area contributed by atoms with Crippen LogP contribution in [0.5, 0.6) is 0 Å². The maximum absolute atomic E-state index is 3.67. The van der Waals surface area contributed by atoms with Gasteiger partial charge in [-0.3, -0.25) is 6.08 Å². The zero-order chi connectivity index (χ0) is 24.9. The van der Waals surface area contributed by atoms with Gasteiger partial charge in [-0.1, -0.05) is 65.3 Å². The summed E-state index contributed by atoms with van der Waals surface area (Å²) in [7, 11) is 0. The van der Waals surface area contributed by atoms with Crippen LogP contribution in [0.1, 0.15) is 84.1 Å². The van der Waals surface area contributed by atoms with Gasteiger partial charge in [0.05, 0.1) is 0 Å². The first kappa shape index (κ1) is 31.0. The summed E-state index contributed by atoms with van der Waals surface area (Å²) in [5, 5.41) is 0. The summed E-state index contributed by atoms with van der Waals surface area (Å²) in [6.45, 7) is 25.6. The molecule has 0 saturated carbocycles. The molecule has 0 heterocycles. The third-order valence-corrected chi connectivity index (χ3v) is 5.05. The molecule has 0 N–H and O–H groups in total. The standard InChI is InChI=1S/C21H25.C5H5.2C2H5.H2Si.Zr/c1-20(2,3)16-7-9-18-14(12-16)11-15-13-17(21(4,5)6)8-10-19(15)18;1-2-4-5-3-1;2*1-2;;/h7-10,12H,11H2,1-6H3;1-3H,4H2;2*1H2,2H3;1H2;/q4*-1;;. The van der Waals surface area contributed by atoms with Crippen molar-refractivity contribution in [3.63, 3.8) is 0 Å². The summed E-state index contributed by atoms with van der Waals surface area (Å²) in [5.74, 6) is 0. The van der Waals surface area contributed by atoms with Gasteiger partial charge in [-0.15, -0.1) is 17.5 Å². The van der Waals surface area contributed by atoms with Crippen LogP contribution in [-0.4, -0.2) is 6.88 Å². The van der Waals surface area contributed by atoms with Crippen LogP contribution in [0, 0.1) is 26.0 Å². The Morgan fingerprint density at radius 3 is 1.88 bits per heavy atom. The maximum atomic E-state index is 3.67. The van der Waals surface area contributed by atoms with E-state index in [-0.39, 0.29) is 10.8 Å². The Hall–Kier alpha value is -0.980. The third-order valence-electron chi connectivity index (χ3n) is 5.05. The molecule has 2 aliphatic rings.